The number of carboxylic acids is 1. The molecule has 0 spiro atoms. The zero-order valence-electron chi connectivity index (χ0n) is 8.54. The van der Waals surface area contributed by atoms with E-state index in [2.05, 4.69) is 9.97 Å². The van der Waals surface area contributed by atoms with Gasteiger partial charge in [0.25, 0.3) is 5.56 Å². The molecule has 0 aliphatic heterocycles. The average Bonchev–Trinajstić information content (AvgIpc) is 2.74. The normalized spacial score (nSPS) is 11.1. The molecule has 0 unspecified atom stereocenters. The van der Waals surface area contributed by atoms with Crippen molar-refractivity contribution in [2.24, 2.45) is 0 Å². The summed E-state index contributed by atoms with van der Waals surface area (Å²) in [6.07, 6.45) is 1.59. The highest BCUT2D eigenvalue weighted by Crippen LogP contribution is 2.10. The number of aromatic nitrogens is 3. The summed E-state index contributed by atoms with van der Waals surface area (Å²) < 4.78 is 1.38. The molecular formula is C11H7N3O3. The van der Waals surface area contributed by atoms with Gasteiger partial charge >= 0.3 is 5.97 Å². The van der Waals surface area contributed by atoms with Gasteiger partial charge in [0.15, 0.2) is 0 Å². The van der Waals surface area contributed by atoms with Crippen LogP contribution >= 0.6 is 0 Å². The fraction of sp³-hybridized carbons (Fsp3) is 0. The number of carbonyl (C=O) groups is 1. The van der Waals surface area contributed by atoms with Crippen LogP contribution in [-0.2, 0) is 0 Å². The molecule has 84 valence electrons. The maximum atomic E-state index is 12.0. The molecule has 3 rings (SSSR count). The van der Waals surface area contributed by atoms with Gasteiger partial charge in [0.2, 0.25) is 0 Å². The van der Waals surface area contributed by atoms with Crippen LogP contribution in [0.3, 0.4) is 0 Å². The molecule has 0 aromatic carbocycles. The van der Waals surface area contributed by atoms with E-state index in [4.69, 9.17) is 5.11 Å². The lowest BCUT2D eigenvalue weighted by Gasteiger charge is -1.98. The molecule has 17 heavy (non-hydrogen) atoms. The predicted octanol–water partition coefficient (Wildman–Crippen LogP) is 0.874. The van der Waals surface area contributed by atoms with Crippen LogP contribution in [0.1, 0.15) is 10.5 Å². The average molecular weight is 229 g/mol. The summed E-state index contributed by atoms with van der Waals surface area (Å²) in [7, 11) is 0. The summed E-state index contributed by atoms with van der Waals surface area (Å²) in [6, 6.07) is 6.45. The molecule has 0 saturated heterocycles. The quantitative estimate of drug-likeness (QED) is 0.648. The van der Waals surface area contributed by atoms with E-state index in [0.717, 1.165) is 0 Å². The molecule has 3 aromatic heterocycles. The zero-order valence-corrected chi connectivity index (χ0v) is 8.54. The van der Waals surface area contributed by atoms with Crippen LogP contribution in [0, 0.1) is 0 Å². The number of hydrogen-bond acceptors (Lipinski definition) is 3. The Kier molecular flexibility index (Phi) is 1.79. The predicted molar refractivity (Wildman–Crippen MR) is 60.3 cm³/mol. The van der Waals surface area contributed by atoms with E-state index in [9.17, 15) is 9.59 Å². The van der Waals surface area contributed by atoms with Gasteiger partial charge in [-0.2, -0.15) is 0 Å². The number of pyridine rings is 1. The first-order valence-corrected chi connectivity index (χ1v) is 4.90. The highest BCUT2D eigenvalue weighted by molar-refractivity contribution is 5.92. The van der Waals surface area contributed by atoms with Gasteiger partial charge in [0.05, 0.1) is 5.39 Å². The number of aromatic carboxylic acids is 1. The van der Waals surface area contributed by atoms with Crippen molar-refractivity contribution in [1.82, 2.24) is 14.4 Å². The van der Waals surface area contributed by atoms with E-state index >= 15 is 0 Å². The van der Waals surface area contributed by atoms with Gasteiger partial charge in [-0.15, -0.1) is 0 Å². The van der Waals surface area contributed by atoms with E-state index in [1.165, 1.54) is 10.5 Å². The number of rotatable bonds is 1. The van der Waals surface area contributed by atoms with Crippen molar-refractivity contribution in [2.45, 2.75) is 0 Å². The van der Waals surface area contributed by atoms with Crippen LogP contribution in [0.4, 0.5) is 0 Å². The largest absolute Gasteiger partial charge is 0.477 e. The summed E-state index contributed by atoms with van der Waals surface area (Å²) >= 11 is 0. The highest BCUT2D eigenvalue weighted by Gasteiger charge is 2.12. The summed E-state index contributed by atoms with van der Waals surface area (Å²) in [6.45, 7) is 0. The topological polar surface area (TPSA) is 87.5 Å². The molecule has 3 aromatic rings. The SMILES string of the molecule is O=C(O)c1cc2c(=O)n3ccccc3nc2[nH]1. The minimum absolute atomic E-state index is 0.0412. The summed E-state index contributed by atoms with van der Waals surface area (Å²) in [5.41, 5.74) is 0.442. The standard InChI is InChI=1S/C11H7N3O3/c15-10-6-5-7(11(16)17)12-9(6)13-8-3-1-2-4-14(8)10/h1-5,12H,(H,16,17). The lowest BCUT2D eigenvalue weighted by molar-refractivity contribution is 0.0691. The molecule has 2 N–H and O–H groups in total. The molecule has 0 aliphatic carbocycles. The zero-order chi connectivity index (χ0) is 12.0. The summed E-state index contributed by atoms with van der Waals surface area (Å²) in [5, 5.41) is 9.12. The number of nitrogens with one attached hydrogen (secondary N) is 1. The third kappa shape index (κ3) is 1.31. The van der Waals surface area contributed by atoms with Crippen molar-refractivity contribution in [3.63, 3.8) is 0 Å². The lowest BCUT2D eigenvalue weighted by atomic mass is 10.3. The Labute approximate surface area is 94.2 Å². The maximum Gasteiger partial charge on any atom is 0.352 e. The molecule has 0 bridgehead atoms. The number of H-pyrrole nitrogens is 1. The number of hydrogen-bond donors (Lipinski definition) is 2. The Bertz CT molecular complexity index is 800. The van der Waals surface area contributed by atoms with Gasteiger partial charge in [0.1, 0.15) is 17.0 Å². The second kappa shape index (κ2) is 3.18. The second-order valence-corrected chi connectivity index (χ2v) is 3.60. The number of nitrogens with zero attached hydrogens (tertiary/aromatic N) is 2. The smallest absolute Gasteiger partial charge is 0.352 e. The van der Waals surface area contributed by atoms with Gasteiger partial charge in [-0.3, -0.25) is 9.20 Å². The lowest BCUT2D eigenvalue weighted by Crippen LogP contribution is -2.13. The molecule has 6 heteroatoms. The Hall–Kier alpha value is -2.63. The van der Waals surface area contributed by atoms with Crippen molar-refractivity contribution >= 4 is 22.6 Å². The molecular weight excluding hydrogens is 222 g/mol. The third-order valence-electron chi connectivity index (χ3n) is 2.54. The Morgan fingerprint density at radius 1 is 1.41 bits per heavy atom. The molecule has 6 nitrogen and oxygen atoms in total. The van der Waals surface area contributed by atoms with E-state index < -0.39 is 5.97 Å². The van der Waals surface area contributed by atoms with E-state index in [0.29, 0.717) is 11.3 Å². The highest BCUT2D eigenvalue weighted by atomic mass is 16.4. The summed E-state index contributed by atoms with van der Waals surface area (Å²) in [5.74, 6) is -1.11. The number of fused-ring (bicyclic) bond motifs is 2. The second-order valence-electron chi connectivity index (χ2n) is 3.60. The fourth-order valence-electron chi connectivity index (χ4n) is 1.75. The first-order chi connectivity index (χ1) is 8.16. The molecule has 0 saturated carbocycles. The van der Waals surface area contributed by atoms with Crippen LogP contribution in [0.15, 0.2) is 35.3 Å². The van der Waals surface area contributed by atoms with Crippen LogP contribution in [0.2, 0.25) is 0 Å². The van der Waals surface area contributed by atoms with E-state index in [1.807, 2.05) is 0 Å². The van der Waals surface area contributed by atoms with Gasteiger partial charge in [0, 0.05) is 6.20 Å². The Balaban J connectivity index is 2.51. The molecule has 0 amide bonds. The van der Waals surface area contributed by atoms with E-state index in [-0.39, 0.29) is 16.6 Å². The fourth-order valence-corrected chi connectivity index (χ4v) is 1.75. The van der Waals surface area contributed by atoms with Crippen LogP contribution in [-0.4, -0.2) is 25.4 Å². The number of aromatic amines is 1. The van der Waals surface area contributed by atoms with Crippen LogP contribution in [0.25, 0.3) is 16.7 Å². The molecule has 3 heterocycles. The minimum Gasteiger partial charge on any atom is -0.477 e. The van der Waals surface area contributed by atoms with Crippen molar-refractivity contribution in [3.05, 3.63) is 46.5 Å². The van der Waals surface area contributed by atoms with E-state index in [1.54, 1.807) is 24.4 Å². The Morgan fingerprint density at radius 2 is 2.24 bits per heavy atom. The number of carboxylic acid groups (broad SMARTS) is 1. The monoisotopic (exact) mass is 229 g/mol. The minimum atomic E-state index is -1.11. The summed E-state index contributed by atoms with van der Waals surface area (Å²) in [4.78, 5) is 29.6. The van der Waals surface area contributed by atoms with Gasteiger partial charge in [-0.1, -0.05) is 6.07 Å². The molecule has 0 fully saturated rings. The molecule has 0 atom stereocenters. The van der Waals surface area contributed by atoms with Crippen molar-refractivity contribution in [3.8, 4) is 0 Å². The first-order valence-electron chi connectivity index (χ1n) is 4.90. The van der Waals surface area contributed by atoms with Crippen LogP contribution in [0.5, 0.6) is 0 Å². The van der Waals surface area contributed by atoms with Crippen LogP contribution < -0.4 is 5.56 Å². The van der Waals surface area contributed by atoms with Crippen molar-refractivity contribution < 1.29 is 9.90 Å². The van der Waals surface area contributed by atoms with Crippen molar-refractivity contribution in [1.29, 1.82) is 0 Å². The van der Waals surface area contributed by atoms with Gasteiger partial charge in [-0.25, -0.2) is 9.78 Å². The first kappa shape index (κ1) is 9.59. The molecule has 0 radical (unpaired) electrons. The molecule has 0 aliphatic rings. The van der Waals surface area contributed by atoms with Gasteiger partial charge < -0.3 is 10.1 Å². The van der Waals surface area contributed by atoms with Gasteiger partial charge in [-0.05, 0) is 18.2 Å². The third-order valence-corrected chi connectivity index (χ3v) is 2.54. The Morgan fingerprint density at radius 3 is 3.00 bits per heavy atom. The maximum absolute atomic E-state index is 12.0. The van der Waals surface area contributed by atoms with Crippen molar-refractivity contribution in [2.75, 3.05) is 0 Å².